The fraction of sp³-hybridized carbons (Fsp3) is 0.600. The lowest BCUT2D eigenvalue weighted by molar-refractivity contribution is -0.148. The summed E-state index contributed by atoms with van der Waals surface area (Å²) in [5.74, 6) is 0.876. The van der Waals surface area contributed by atoms with Gasteiger partial charge >= 0.3 is 0 Å². The minimum absolute atomic E-state index is 0.0247. The Morgan fingerprint density at radius 1 is 1.28 bits per heavy atom. The number of H-pyrrole nitrogens is 1. The van der Waals surface area contributed by atoms with Crippen molar-refractivity contribution in [1.82, 2.24) is 29.3 Å². The fourth-order valence-corrected chi connectivity index (χ4v) is 4.83. The van der Waals surface area contributed by atoms with Gasteiger partial charge in [-0.3, -0.25) is 9.59 Å². The van der Waals surface area contributed by atoms with Crippen LogP contribution in [0.2, 0.25) is 0 Å². The highest BCUT2D eigenvalue weighted by atomic mass is 16.5. The summed E-state index contributed by atoms with van der Waals surface area (Å²) < 4.78 is 7.01. The van der Waals surface area contributed by atoms with Gasteiger partial charge in [-0.1, -0.05) is 0 Å². The van der Waals surface area contributed by atoms with Crippen LogP contribution in [0.3, 0.4) is 0 Å². The van der Waals surface area contributed by atoms with E-state index in [9.17, 15) is 9.59 Å². The third kappa shape index (κ3) is 3.23. The van der Waals surface area contributed by atoms with Crippen LogP contribution >= 0.6 is 0 Å². The first-order valence-corrected chi connectivity index (χ1v) is 10.1. The van der Waals surface area contributed by atoms with Gasteiger partial charge in [-0.05, 0) is 26.7 Å². The van der Waals surface area contributed by atoms with Gasteiger partial charge in [-0.15, -0.1) is 0 Å². The number of rotatable bonds is 4. The number of imidazole rings is 2. The molecule has 2 aliphatic heterocycles. The number of ether oxygens (including phenoxy) is 1. The number of amides is 2. The Labute approximate surface area is 170 Å². The molecule has 9 nitrogen and oxygen atoms in total. The van der Waals surface area contributed by atoms with Crippen molar-refractivity contribution in [2.75, 3.05) is 33.4 Å². The lowest BCUT2D eigenvalue weighted by atomic mass is 9.78. The van der Waals surface area contributed by atoms with Gasteiger partial charge < -0.3 is 24.1 Å². The summed E-state index contributed by atoms with van der Waals surface area (Å²) >= 11 is 0. The molecule has 2 aliphatic rings. The molecule has 29 heavy (non-hydrogen) atoms. The zero-order valence-electron chi connectivity index (χ0n) is 17.2. The van der Waals surface area contributed by atoms with Crippen LogP contribution in [0, 0.1) is 6.92 Å². The second-order valence-electron chi connectivity index (χ2n) is 7.87. The van der Waals surface area contributed by atoms with Crippen LogP contribution in [0.25, 0.3) is 0 Å². The van der Waals surface area contributed by atoms with Crippen molar-refractivity contribution in [3.63, 3.8) is 0 Å². The van der Waals surface area contributed by atoms with Gasteiger partial charge in [-0.2, -0.15) is 0 Å². The molecule has 4 heterocycles. The number of methoxy groups -OCH3 is 1. The molecule has 1 saturated heterocycles. The summed E-state index contributed by atoms with van der Waals surface area (Å²) in [6.45, 7) is 5.66. The van der Waals surface area contributed by atoms with E-state index in [0.717, 1.165) is 23.6 Å². The highest BCUT2D eigenvalue weighted by molar-refractivity contribution is 5.81. The van der Waals surface area contributed by atoms with Gasteiger partial charge in [0.2, 0.25) is 11.8 Å². The largest absolute Gasteiger partial charge is 0.375 e. The molecule has 9 heteroatoms. The quantitative estimate of drug-likeness (QED) is 0.827. The van der Waals surface area contributed by atoms with Gasteiger partial charge in [-0.25, -0.2) is 9.97 Å². The monoisotopic (exact) mass is 400 g/mol. The maximum absolute atomic E-state index is 13.1. The smallest absolute Gasteiger partial charge is 0.249 e. The van der Waals surface area contributed by atoms with Gasteiger partial charge in [0.05, 0.1) is 17.6 Å². The Hall–Kier alpha value is -2.68. The molecule has 1 unspecified atom stereocenters. The molecule has 1 N–H and O–H groups in total. The molecule has 1 spiro atoms. The number of nitrogens with zero attached hydrogens (tertiary/aromatic N) is 5. The lowest BCUT2D eigenvalue weighted by Crippen LogP contribution is -2.59. The molecule has 0 radical (unpaired) electrons. The number of fused-ring (bicyclic) bond motifs is 2. The minimum Gasteiger partial charge on any atom is -0.375 e. The summed E-state index contributed by atoms with van der Waals surface area (Å²) in [5.41, 5.74) is 1.56. The number of carbonyl (C=O) groups is 2. The first-order valence-electron chi connectivity index (χ1n) is 10.1. The van der Waals surface area contributed by atoms with Crippen LogP contribution < -0.4 is 0 Å². The normalized spacial score (nSPS) is 19.3. The van der Waals surface area contributed by atoms with Crippen molar-refractivity contribution in [2.24, 2.45) is 0 Å². The summed E-state index contributed by atoms with van der Waals surface area (Å²) in [4.78, 5) is 41.7. The van der Waals surface area contributed by atoms with E-state index >= 15 is 0 Å². The van der Waals surface area contributed by atoms with Crippen molar-refractivity contribution < 1.29 is 14.3 Å². The van der Waals surface area contributed by atoms with E-state index in [2.05, 4.69) is 15.0 Å². The van der Waals surface area contributed by atoms with E-state index in [1.54, 1.807) is 12.5 Å². The molecule has 0 saturated carbocycles. The lowest BCUT2D eigenvalue weighted by Gasteiger charge is -2.50. The van der Waals surface area contributed by atoms with E-state index in [1.807, 2.05) is 34.4 Å². The van der Waals surface area contributed by atoms with E-state index in [0.29, 0.717) is 32.5 Å². The number of aromatic amines is 1. The molecule has 1 atom stereocenters. The standard InChI is InChI=1S/C20H28N6O3/c1-14(25-11-7-21-15(25)2)19(28)24-9-5-20(6-10-24)18-16(22-13-23-18)4-8-26(20)17(27)12-29-3/h7,11,13-14H,4-6,8-10,12H2,1-3H3,(H,22,23). The van der Waals surface area contributed by atoms with Crippen molar-refractivity contribution in [1.29, 1.82) is 0 Å². The first kappa shape index (κ1) is 19.6. The molecule has 0 aliphatic carbocycles. The number of carbonyl (C=O) groups excluding carboxylic acids is 2. The molecule has 2 aromatic heterocycles. The molecular formula is C20H28N6O3. The van der Waals surface area contributed by atoms with E-state index in [1.165, 1.54) is 7.11 Å². The number of nitrogens with one attached hydrogen (secondary N) is 1. The zero-order chi connectivity index (χ0) is 20.6. The SMILES string of the molecule is COCC(=O)N1CCc2[nH]cnc2C12CCN(C(=O)C(C)n1ccnc1C)CC2. The van der Waals surface area contributed by atoms with E-state index < -0.39 is 5.54 Å². The van der Waals surface area contributed by atoms with Gasteiger partial charge in [0.15, 0.2) is 0 Å². The van der Waals surface area contributed by atoms with Gasteiger partial charge in [0.1, 0.15) is 18.5 Å². The van der Waals surface area contributed by atoms with Crippen LogP contribution in [0.1, 0.15) is 43.0 Å². The Balaban J connectivity index is 1.55. The predicted molar refractivity (Wildman–Crippen MR) is 105 cm³/mol. The van der Waals surface area contributed by atoms with Gasteiger partial charge in [0, 0.05) is 51.3 Å². The van der Waals surface area contributed by atoms with Crippen LogP contribution in [0.5, 0.6) is 0 Å². The van der Waals surface area contributed by atoms with Crippen molar-refractivity contribution >= 4 is 11.8 Å². The fourth-order valence-electron chi connectivity index (χ4n) is 4.83. The summed E-state index contributed by atoms with van der Waals surface area (Å²) in [5, 5.41) is 0. The Bertz CT molecular complexity index is 896. The highest BCUT2D eigenvalue weighted by Crippen LogP contribution is 2.42. The van der Waals surface area contributed by atoms with Crippen molar-refractivity contribution in [2.45, 2.75) is 44.7 Å². The summed E-state index contributed by atoms with van der Waals surface area (Å²) in [6.07, 6.45) is 7.35. The molecule has 2 aromatic rings. The maximum Gasteiger partial charge on any atom is 0.249 e. The van der Waals surface area contributed by atoms with Crippen LogP contribution in [0.4, 0.5) is 0 Å². The first-order chi connectivity index (χ1) is 14.0. The molecule has 156 valence electrons. The second-order valence-corrected chi connectivity index (χ2v) is 7.87. The zero-order valence-corrected chi connectivity index (χ0v) is 17.2. The second kappa shape index (κ2) is 7.62. The minimum atomic E-state index is -0.478. The molecule has 4 rings (SSSR count). The summed E-state index contributed by atoms with van der Waals surface area (Å²) in [7, 11) is 1.54. The predicted octanol–water partition coefficient (Wildman–Crippen LogP) is 1.02. The van der Waals surface area contributed by atoms with Crippen LogP contribution in [-0.2, 0) is 26.3 Å². The Morgan fingerprint density at radius 2 is 2.03 bits per heavy atom. The molecule has 2 amide bonds. The third-order valence-corrected chi connectivity index (χ3v) is 6.37. The van der Waals surface area contributed by atoms with Gasteiger partial charge in [0.25, 0.3) is 0 Å². The Morgan fingerprint density at radius 3 is 2.69 bits per heavy atom. The highest BCUT2D eigenvalue weighted by Gasteiger charge is 2.49. The van der Waals surface area contributed by atoms with Crippen LogP contribution in [-0.4, -0.2) is 74.5 Å². The number of hydrogen-bond donors (Lipinski definition) is 1. The molecule has 0 bridgehead atoms. The number of aromatic nitrogens is 4. The van der Waals surface area contributed by atoms with Crippen molar-refractivity contribution in [3.8, 4) is 0 Å². The number of likely N-dealkylation sites (tertiary alicyclic amines) is 1. The summed E-state index contributed by atoms with van der Waals surface area (Å²) in [6, 6.07) is -0.301. The molecule has 0 aromatic carbocycles. The molecule has 1 fully saturated rings. The number of piperidine rings is 1. The molecular weight excluding hydrogens is 372 g/mol. The van der Waals surface area contributed by atoms with Crippen molar-refractivity contribution in [3.05, 3.63) is 35.9 Å². The number of hydrogen-bond acceptors (Lipinski definition) is 5. The average molecular weight is 400 g/mol. The third-order valence-electron chi connectivity index (χ3n) is 6.37. The van der Waals surface area contributed by atoms with E-state index in [4.69, 9.17) is 4.74 Å². The average Bonchev–Trinajstić information content (AvgIpc) is 3.37. The van der Waals surface area contributed by atoms with Crippen LogP contribution in [0.15, 0.2) is 18.7 Å². The number of aryl methyl sites for hydroxylation is 1. The maximum atomic E-state index is 13.1. The topological polar surface area (TPSA) is 96.4 Å². The van der Waals surface area contributed by atoms with E-state index in [-0.39, 0.29) is 24.5 Å². The Kier molecular flexibility index (Phi) is 5.16.